The van der Waals surface area contributed by atoms with Crippen molar-refractivity contribution in [2.75, 3.05) is 5.88 Å². The lowest BCUT2D eigenvalue weighted by molar-refractivity contribution is 0.778. The molecular formula is C11H15ClS. The molecule has 0 bridgehead atoms. The van der Waals surface area contributed by atoms with Crippen molar-refractivity contribution in [3.8, 4) is 0 Å². The molecule has 13 heavy (non-hydrogen) atoms. The highest BCUT2D eigenvalue weighted by Crippen LogP contribution is 2.22. The lowest BCUT2D eigenvalue weighted by Gasteiger charge is -2.06. The van der Waals surface area contributed by atoms with Gasteiger partial charge in [-0.1, -0.05) is 19.4 Å². The Morgan fingerprint density at radius 1 is 1.62 bits per heavy atom. The molecule has 0 N–H and O–H groups in total. The van der Waals surface area contributed by atoms with E-state index in [-0.39, 0.29) is 0 Å². The molecule has 2 heteroatoms. The first-order chi connectivity index (χ1) is 6.15. The minimum Gasteiger partial charge on any atom is -0.144 e. The van der Waals surface area contributed by atoms with E-state index >= 15 is 0 Å². The number of aryl methyl sites for hydroxylation is 1. The van der Waals surface area contributed by atoms with Gasteiger partial charge in [-0.15, -0.1) is 22.9 Å². The van der Waals surface area contributed by atoms with Gasteiger partial charge >= 0.3 is 0 Å². The van der Waals surface area contributed by atoms with E-state index in [9.17, 15) is 0 Å². The van der Waals surface area contributed by atoms with E-state index in [1.54, 1.807) is 11.3 Å². The SMILES string of the molecule is Cc1ccsc1/C=C(\CCl)C(C)C. The van der Waals surface area contributed by atoms with Crippen molar-refractivity contribution >= 4 is 29.0 Å². The second kappa shape index (κ2) is 4.83. The number of hydrogen-bond donors (Lipinski definition) is 0. The number of thiophene rings is 1. The van der Waals surface area contributed by atoms with Gasteiger partial charge in [0.25, 0.3) is 0 Å². The largest absolute Gasteiger partial charge is 0.144 e. The van der Waals surface area contributed by atoms with Crippen LogP contribution < -0.4 is 0 Å². The van der Waals surface area contributed by atoms with E-state index < -0.39 is 0 Å². The molecule has 1 aromatic rings. The normalized spacial score (nSPS) is 12.5. The molecule has 0 aliphatic rings. The van der Waals surface area contributed by atoms with Crippen LogP contribution in [0.5, 0.6) is 0 Å². The zero-order chi connectivity index (χ0) is 9.84. The molecule has 0 radical (unpaired) electrons. The van der Waals surface area contributed by atoms with Crippen LogP contribution in [0.4, 0.5) is 0 Å². The molecule has 0 unspecified atom stereocenters. The third kappa shape index (κ3) is 2.85. The van der Waals surface area contributed by atoms with Crippen molar-refractivity contribution < 1.29 is 0 Å². The summed E-state index contributed by atoms with van der Waals surface area (Å²) in [4.78, 5) is 1.34. The van der Waals surface area contributed by atoms with Crippen LogP contribution in [-0.2, 0) is 0 Å². The zero-order valence-electron chi connectivity index (χ0n) is 8.30. The predicted molar refractivity (Wildman–Crippen MR) is 62.6 cm³/mol. The van der Waals surface area contributed by atoms with Gasteiger partial charge in [0.2, 0.25) is 0 Å². The first kappa shape index (κ1) is 10.8. The molecule has 0 saturated heterocycles. The molecule has 1 aromatic heterocycles. The highest BCUT2D eigenvalue weighted by atomic mass is 35.5. The summed E-state index contributed by atoms with van der Waals surface area (Å²) in [5.41, 5.74) is 2.65. The van der Waals surface area contributed by atoms with Crippen molar-refractivity contribution in [1.82, 2.24) is 0 Å². The molecule has 0 nitrogen and oxygen atoms in total. The summed E-state index contributed by atoms with van der Waals surface area (Å²) in [6, 6.07) is 2.14. The van der Waals surface area contributed by atoms with Gasteiger partial charge in [0.05, 0.1) is 0 Å². The molecule has 1 rings (SSSR count). The van der Waals surface area contributed by atoms with Gasteiger partial charge in [-0.05, 0) is 35.9 Å². The van der Waals surface area contributed by atoms with Crippen molar-refractivity contribution in [2.24, 2.45) is 5.92 Å². The van der Waals surface area contributed by atoms with E-state index in [0.717, 1.165) is 0 Å². The molecule has 0 fully saturated rings. The Morgan fingerprint density at radius 3 is 2.69 bits per heavy atom. The molecule has 0 aromatic carbocycles. The van der Waals surface area contributed by atoms with Crippen LogP contribution in [0, 0.1) is 12.8 Å². The Labute approximate surface area is 89.2 Å². The topological polar surface area (TPSA) is 0 Å². The first-order valence-corrected chi connectivity index (χ1v) is 5.87. The van der Waals surface area contributed by atoms with Crippen LogP contribution in [0.1, 0.15) is 24.3 Å². The number of alkyl halides is 1. The van der Waals surface area contributed by atoms with E-state index in [4.69, 9.17) is 11.6 Å². The average molecular weight is 215 g/mol. The van der Waals surface area contributed by atoms with Gasteiger partial charge in [0, 0.05) is 10.8 Å². The zero-order valence-corrected chi connectivity index (χ0v) is 9.88. The fraction of sp³-hybridized carbons (Fsp3) is 0.455. The third-order valence-corrected chi connectivity index (χ3v) is 3.39. The first-order valence-electron chi connectivity index (χ1n) is 4.45. The van der Waals surface area contributed by atoms with E-state index in [1.807, 2.05) is 0 Å². The van der Waals surface area contributed by atoms with Gasteiger partial charge in [-0.25, -0.2) is 0 Å². The van der Waals surface area contributed by atoms with Crippen LogP contribution in [0.25, 0.3) is 6.08 Å². The van der Waals surface area contributed by atoms with Gasteiger partial charge in [-0.2, -0.15) is 0 Å². The van der Waals surface area contributed by atoms with E-state index in [2.05, 4.69) is 38.3 Å². The molecule has 72 valence electrons. The Balaban J connectivity index is 2.91. The van der Waals surface area contributed by atoms with Crippen molar-refractivity contribution in [1.29, 1.82) is 0 Å². The van der Waals surface area contributed by atoms with Crippen LogP contribution in [0.2, 0.25) is 0 Å². The summed E-state index contributed by atoms with van der Waals surface area (Å²) >= 11 is 7.64. The average Bonchev–Trinajstić information content (AvgIpc) is 2.46. The van der Waals surface area contributed by atoms with Crippen molar-refractivity contribution in [3.63, 3.8) is 0 Å². The maximum absolute atomic E-state index is 5.87. The molecule has 0 aliphatic carbocycles. The quantitative estimate of drug-likeness (QED) is 0.657. The number of halogens is 1. The maximum Gasteiger partial charge on any atom is 0.0439 e. The van der Waals surface area contributed by atoms with E-state index in [1.165, 1.54) is 16.0 Å². The number of hydrogen-bond acceptors (Lipinski definition) is 1. The predicted octanol–water partition coefficient (Wildman–Crippen LogP) is 4.33. The van der Waals surface area contributed by atoms with Crippen LogP contribution in [0.3, 0.4) is 0 Å². The lowest BCUT2D eigenvalue weighted by atomic mass is 10.0. The Hall–Kier alpha value is -0.270. The summed E-state index contributed by atoms with van der Waals surface area (Å²) in [6.07, 6.45) is 2.22. The van der Waals surface area contributed by atoms with Gasteiger partial charge in [0.1, 0.15) is 0 Å². The maximum atomic E-state index is 5.87. The minimum atomic E-state index is 0.541. The van der Waals surface area contributed by atoms with Gasteiger partial charge in [0.15, 0.2) is 0 Å². The molecule has 0 saturated carbocycles. The molecule has 0 aliphatic heterocycles. The molecule has 1 heterocycles. The minimum absolute atomic E-state index is 0.541. The molecule has 0 atom stereocenters. The Bertz CT molecular complexity index is 297. The number of allylic oxidation sites excluding steroid dienone is 1. The van der Waals surface area contributed by atoms with Gasteiger partial charge in [-0.3, -0.25) is 0 Å². The molecule has 0 spiro atoms. The summed E-state index contributed by atoms with van der Waals surface area (Å²) in [6.45, 7) is 6.49. The fourth-order valence-electron chi connectivity index (χ4n) is 1.06. The summed E-state index contributed by atoms with van der Waals surface area (Å²) in [5, 5.41) is 2.12. The van der Waals surface area contributed by atoms with Crippen molar-refractivity contribution in [2.45, 2.75) is 20.8 Å². The third-order valence-electron chi connectivity index (χ3n) is 2.11. The van der Waals surface area contributed by atoms with Crippen LogP contribution in [-0.4, -0.2) is 5.88 Å². The number of rotatable bonds is 3. The molecule has 0 amide bonds. The Morgan fingerprint density at radius 2 is 2.31 bits per heavy atom. The monoisotopic (exact) mass is 214 g/mol. The summed E-state index contributed by atoms with van der Waals surface area (Å²) < 4.78 is 0. The highest BCUT2D eigenvalue weighted by molar-refractivity contribution is 7.11. The summed E-state index contributed by atoms with van der Waals surface area (Å²) in [5.74, 6) is 1.17. The Kier molecular flexibility index (Phi) is 4.01. The smallest absolute Gasteiger partial charge is 0.0439 e. The fourth-order valence-corrected chi connectivity index (χ4v) is 2.34. The lowest BCUT2D eigenvalue weighted by Crippen LogP contribution is -1.94. The van der Waals surface area contributed by atoms with Crippen molar-refractivity contribution in [3.05, 3.63) is 27.5 Å². The van der Waals surface area contributed by atoms with Gasteiger partial charge < -0.3 is 0 Å². The van der Waals surface area contributed by atoms with Crippen LogP contribution >= 0.6 is 22.9 Å². The highest BCUT2D eigenvalue weighted by Gasteiger charge is 2.03. The van der Waals surface area contributed by atoms with Crippen LogP contribution in [0.15, 0.2) is 17.0 Å². The second-order valence-electron chi connectivity index (χ2n) is 3.48. The summed E-state index contributed by atoms with van der Waals surface area (Å²) in [7, 11) is 0. The molecular weight excluding hydrogens is 200 g/mol. The second-order valence-corrected chi connectivity index (χ2v) is 4.69. The standard InChI is InChI=1S/C11H15ClS/c1-8(2)10(7-12)6-11-9(3)4-5-13-11/h4-6,8H,7H2,1-3H3/b10-6+. The van der Waals surface area contributed by atoms with E-state index in [0.29, 0.717) is 11.8 Å².